The zero-order valence-corrected chi connectivity index (χ0v) is 13.1. The van der Waals surface area contributed by atoms with Crippen LogP contribution in [0.4, 0.5) is 5.69 Å². The van der Waals surface area contributed by atoms with Gasteiger partial charge in [0.25, 0.3) is 0 Å². The summed E-state index contributed by atoms with van der Waals surface area (Å²) < 4.78 is 27.4. The van der Waals surface area contributed by atoms with Gasteiger partial charge >= 0.3 is 0 Å². The minimum absolute atomic E-state index is 0.287. The quantitative estimate of drug-likeness (QED) is 0.862. The number of para-hydroxylation sites is 1. The van der Waals surface area contributed by atoms with Gasteiger partial charge in [-0.05, 0) is 38.1 Å². The smallest absolute Gasteiger partial charge is 0.242 e. The van der Waals surface area contributed by atoms with Crippen molar-refractivity contribution in [2.45, 2.75) is 25.3 Å². The molecular formula is C14H18N2O2S2. The number of anilines is 1. The highest BCUT2D eigenvalue weighted by atomic mass is 32.2. The normalized spacial score (nSPS) is 11.5. The summed E-state index contributed by atoms with van der Waals surface area (Å²) in [5.41, 5.74) is 0.630. The predicted molar refractivity (Wildman–Crippen MR) is 83.7 cm³/mol. The van der Waals surface area contributed by atoms with Crippen LogP contribution in [-0.4, -0.2) is 15.0 Å². The largest absolute Gasteiger partial charge is 0.384 e. The Morgan fingerprint density at radius 1 is 1.15 bits per heavy atom. The third kappa shape index (κ3) is 3.59. The van der Waals surface area contributed by atoms with E-state index < -0.39 is 10.0 Å². The van der Waals surface area contributed by atoms with Gasteiger partial charge in [0, 0.05) is 22.8 Å². The molecule has 0 saturated carbocycles. The molecule has 2 rings (SSSR count). The van der Waals surface area contributed by atoms with Crippen LogP contribution in [0.15, 0.2) is 41.3 Å². The number of hydrogen-bond donors (Lipinski definition) is 2. The van der Waals surface area contributed by atoms with Gasteiger partial charge in [0.1, 0.15) is 4.90 Å². The Morgan fingerprint density at radius 2 is 1.90 bits per heavy atom. The van der Waals surface area contributed by atoms with Crippen molar-refractivity contribution < 1.29 is 8.42 Å². The van der Waals surface area contributed by atoms with Gasteiger partial charge in [0.2, 0.25) is 10.0 Å². The summed E-state index contributed by atoms with van der Waals surface area (Å²) in [6.07, 6.45) is 0. The summed E-state index contributed by atoms with van der Waals surface area (Å²) in [5.74, 6) is 0. The van der Waals surface area contributed by atoms with Gasteiger partial charge in [-0.25, -0.2) is 13.1 Å². The highest BCUT2D eigenvalue weighted by Crippen LogP contribution is 2.21. The molecule has 4 nitrogen and oxygen atoms in total. The van der Waals surface area contributed by atoms with Crippen molar-refractivity contribution in [1.29, 1.82) is 0 Å². The van der Waals surface area contributed by atoms with E-state index in [4.69, 9.17) is 0 Å². The molecule has 2 aromatic rings. The molecule has 1 heterocycles. The molecule has 0 saturated heterocycles. The molecule has 1 aromatic heterocycles. The van der Waals surface area contributed by atoms with Crippen molar-refractivity contribution in [3.8, 4) is 0 Å². The molecule has 0 bridgehead atoms. The Kier molecular flexibility index (Phi) is 4.80. The second-order valence-corrected chi connectivity index (χ2v) is 7.47. The number of nitrogens with one attached hydrogen (secondary N) is 2. The van der Waals surface area contributed by atoms with Gasteiger partial charge in [0.05, 0.1) is 5.69 Å². The van der Waals surface area contributed by atoms with E-state index in [1.807, 2.05) is 32.0 Å². The van der Waals surface area contributed by atoms with E-state index >= 15 is 0 Å². The van der Waals surface area contributed by atoms with Crippen molar-refractivity contribution in [3.63, 3.8) is 0 Å². The molecule has 2 N–H and O–H groups in total. The average molecular weight is 310 g/mol. The summed E-state index contributed by atoms with van der Waals surface area (Å²) in [7, 11) is -3.51. The first kappa shape index (κ1) is 15.0. The van der Waals surface area contributed by atoms with Gasteiger partial charge in [-0.15, -0.1) is 11.3 Å². The van der Waals surface area contributed by atoms with E-state index in [0.717, 1.165) is 4.88 Å². The zero-order valence-electron chi connectivity index (χ0n) is 11.5. The number of thiophene rings is 1. The molecule has 108 valence electrons. The van der Waals surface area contributed by atoms with E-state index in [1.54, 1.807) is 29.5 Å². The van der Waals surface area contributed by atoms with Crippen LogP contribution in [0.5, 0.6) is 0 Å². The fourth-order valence-electron chi connectivity index (χ4n) is 1.86. The number of aryl methyl sites for hydroxylation is 1. The van der Waals surface area contributed by atoms with Gasteiger partial charge in [0.15, 0.2) is 0 Å². The average Bonchev–Trinajstić information content (AvgIpc) is 2.83. The molecule has 0 fully saturated rings. The van der Waals surface area contributed by atoms with Crippen LogP contribution in [0.25, 0.3) is 0 Å². The summed E-state index contributed by atoms with van der Waals surface area (Å²) >= 11 is 1.60. The second kappa shape index (κ2) is 6.39. The summed E-state index contributed by atoms with van der Waals surface area (Å²) in [5, 5.41) is 3.07. The molecule has 0 aliphatic rings. The molecule has 1 aromatic carbocycles. The zero-order chi connectivity index (χ0) is 14.6. The Balaban J connectivity index is 2.18. The maximum atomic E-state index is 12.4. The van der Waals surface area contributed by atoms with Crippen LogP contribution < -0.4 is 10.0 Å². The van der Waals surface area contributed by atoms with Crippen molar-refractivity contribution in [2.75, 3.05) is 11.9 Å². The lowest BCUT2D eigenvalue weighted by Crippen LogP contribution is -2.23. The topological polar surface area (TPSA) is 58.2 Å². The Bertz CT molecular complexity index is 678. The minimum atomic E-state index is -3.51. The third-order valence-corrected chi connectivity index (χ3v) is 5.24. The maximum absolute atomic E-state index is 12.4. The van der Waals surface area contributed by atoms with Gasteiger partial charge < -0.3 is 5.32 Å². The lowest BCUT2D eigenvalue weighted by atomic mass is 10.3. The van der Waals surface area contributed by atoms with Crippen LogP contribution in [-0.2, 0) is 16.6 Å². The Labute approximate surface area is 123 Å². The lowest BCUT2D eigenvalue weighted by molar-refractivity contribution is 0.582. The maximum Gasteiger partial charge on any atom is 0.242 e. The van der Waals surface area contributed by atoms with Gasteiger partial charge in [-0.3, -0.25) is 0 Å². The number of benzene rings is 1. The van der Waals surface area contributed by atoms with Crippen LogP contribution in [0.1, 0.15) is 16.7 Å². The van der Waals surface area contributed by atoms with Gasteiger partial charge in [-0.1, -0.05) is 12.1 Å². The van der Waals surface area contributed by atoms with Gasteiger partial charge in [-0.2, -0.15) is 0 Å². The molecule has 0 amide bonds. The van der Waals surface area contributed by atoms with E-state index in [9.17, 15) is 8.42 Å². The number of hydrogen-bond acceptors (Lipinski definition) is 4. The van der Waals surface area contributed by atoms with E-state index in [-0.39, 0.29) is 4.90 Å². The minimum Gasteiger partial charge on any atom is -0.384 e. The first-order chi connectivity index (χ1) is 9.53. The molecule has 20 heavy (non-hydrogen) atoms. The molecule has 0 radical (unpaired) electrons. The Hall–Kier alpha value is -1.37. The van der Waals surface area contributed by atoms with Crippen LogP contribution >= 0.6 is 11.3 Å². The first-order valence-corrected chi connectivity index (χ1v) is 8.71. The molecule has 0 spiro atoms. The molecule has 0 atom stereocenters. The standard InChI is InChI=1S/C14H18N2O2S2/c1-3-15-13-6-4-5-7-14(13)20(17,18)16-10-12-9-8-11(2)19-12/h4-9,15-16H,3,10H2,1-2H3. The van der Waals surface area contributed by atoms with E-state index in [1.165, 1.54) is 4.88 Å². The second-order valence-electron chi connectivity index (χ2n) is 4.36. The molecule has 6 heteroatoms. The highest BCUT2D eigenvalue weighted by molar-refractivity contribution is 7.89. The Morgan fingerprint density at radius 3 is 2.55 bits per heavy atom. The third-order valence-electron chi connectivity index (χ3n) is 2.78. The van der Waals surface area contributed by atoms with E-state index in [0.29, 0.717) is 18.8 Å². The fraction of sp³-hybridized carbons (Fsp3) is 0.286. The van der Waals surface area contributed by atoms with Crippen LogP contribution in [0.2, 0.25) is 0 Å². The highest BCUT2D eigenvalue weighted by Gasteiger charge is 2.17. The summed E-state index contributed by atoms with van der Waals surface area (Å²) in [6.45, 7) is 4.94. The number of rotatable bonds is 6. The summed E-state index contributed by atoms with van der Waals surface area (Å²) in [6, 6.07) is 10.9. The number of sulfonamides is 1. The summed E-state index contributed by atoms with van der Waals surface area (Å²) in [4.78, 5) is 2.47. The monoisotopic (exact) mass is 310 g/mol. The molecule has 0 unspecified atom stereocenters. The molecular weight excluding hydrogens is 292 g/mol. The van der Waals surface area contributed by atoms with Crippen molar-refractivity contribution in [3.05, 3.63) is 46.2 Å². The predicted octanol–water partition coefficient (Wildman–Crippen LogP) is 2.97. The fourth-order valence-corrected chi connectivity index (χ4v) is 3.97. The van der Waals surface area contributed by atoms with E-state index in [2.05, 4.69) is 10.0 Å². The lowest BCUT2D eigenvalue weighted by Gasteiger charge is -2.11. The molecule has 0 aliphatic heterocycles. The van der Waals surface area contributed by atoms with Crippen LogP contribution in [0, 0.1) is 6.92 Å². The van der Waals surface area contributed by atoms with Crippen molar-refractivity contribution in [1.82, 2.24) is 4.72 Å². The molecule has 0 aliphatic carbocycles. The van der Waals surface area contributed by atoms with Crippen molar-refractivity contribution in [2.24, 2.45) is 0 Å². The van der Waals surface area contributed by atoms with Crippen molar-refractivity contribution >= 4 is 27.0 Å². The van der Waals surface area contributed by atoms with Crippen LogP contribution in [0.3, 0.4) is 0 Å². The SMILES string of the molecule is CCNc1ccccc1S(=O)(=O)NCc1ccc(C)s1. The first-order valence-electron chi connectivity index (χ1n) is 6.41.